The lowest BCUT2D eigenvalue weighted by molar-refractivity contribution is 0.348. The van der Waals surface area contributed by atoms with E-state index in [-0.39, 0.29) is 11.6 Å². The lowest BCUT2D eigenvalue weighted by atomic mass is 9.83. The summed E-state index contributed by atoms with van der Waals surface area (Å²) in [5.74, 6) is 2.57. The number of rotatable bonds is 6. The Kier molecular flexibility index (Phi) is 6.48. The average Bonchev–Trinajstić information content (AvgIpc) is 3.29. The largest absolute Gasteiger partial charge is 0.497 e. The molecular weight excluding hydrogens is 512 g/mol. The number of ether oxygens (including phenoxy) is 4. The number of fused-ring (bicyclic) bond motifs is 3. The molecular formula is C31H28N2O5S. The zero-order valence-electron chi connectivity index (χ0n) is 22.2. The first-order chi connectivity index (χ1) is 19.1. The van der Waals surface area contributed by atoms with Gasteiger partial charge in [0.25, 0.3) is 5.56 Å². The van der Waals surface area contributed by atoms with Crippen LogP contribution in [0.4, 0.5) is 0 Å². The van der Waals surface area contributed by atoms with E-state index in [4.69, 9.17) is 23.9 Å². The first kappa shape index (κ1) is 25.0. The van der Waals surface area contributed by atoms with E-state index in [1.807, 2.05) is 48.5 Å². The van der Waals surface area contributed by atoms with Gasteiger partial charge in [-0.1, -0.05) is 47.7 Å². The smallest absolute Gasteiger partial charge is 0.271 e. The quantitative estimate of drug-likeness (QED) is 0.364. The number of para-hydroxylation sites is 1. The van der Waals surface area contributed by atoms with Gasteiger partial charge < -0.3 is 18.9 Å². The summed E-state index contributed by atoms with van der Waals surface area (Å²) in [7, 11) is 6.48. The highest BCUT2D eigenvalue weighted by molar-refractivity contribution is 7.07. The third-order valence-electron chi connectivity index (χ3n) is 7.32. The van der Waals surface area contributed by atoms with Crippen LogP contribution < -0.4 is 33.8 Å². The average molecular weight is 541 g/mol. The van der Waals surface area contributed by atoms with E-state index in [1.54, 1.807) is 33.0 Å². The molecule has 4 aromatic rings. The molecule has 2 heterocycles. The van der Waals surface area contributed by atoms with E-state index < -0.39 is 0 Å². The molecule has 0 N–H and O–H groups in total. The van der Waals surface area contributed by atoms with Crippen LogP contribution in [0.5, 0.6) is 23.0 Å². The van der Waals surface area contributed by atoms with Gasteiger partial charge in [0.05, 0.1) is 44.7 Å². The molecule has 0 fully saturated rings. The summed E-state index contributed by atoms with van der Waals surface area (Å²) in [6.07, 6.45) is 3.51. The summed E-state index contributed by atoms with van der Waals surface area (Å²) in [6.45, 7) is 0. The van der Waals surface area contributed by atoms with Crippen LogP contribution in [0.15, 0.2) is 76.0 Å². The van der Waals surface area contributed by atoms with Crippen LogP contribution in [0.25, 0.3) is 11.8 Å². The minimum atomic E-state index is -0.385. The number of hydrogen-bond acceptors (Lipinski definition) is 7. The van der Waals surface area contributed by atoms with E-state index in [0.29, 0.717) is 32.3 Å². The Bertz CT molecular complexity index is 1800. The van der Waals surface area contributed by atoms with Crippen LogP contribution in [0.3, 0.4) is 0 Å². The number of allylic oxidation sites excluding steroid dienone is 1. The van der Waals surface area contributed by atoms with Crippen molar-refractivity contribution in [3.05, 3.63) is 108 Å². The Morgan fingerprint density at radius 3 is 2.49 bits per heavy atom. The van der Waals surface area contributed by atoms with Gasteiger partial charge in [-0.2, -0.15) is 0 Å². The molecule has 39 heavy (non-hydrogen) atoms. The summed E-state index contributed by atoms with van der Waals surface area (Å²) in [5.41, 5.74) is 5.90. The Hall–Kier alpha value is -4.30. The van der Waals surface area contributed by atoms with Crippen molar-refractivity contribution < 1.29 is 18.9 Å². The van der Waals surface area contributed by atoms with Gasteiger partial charge in [-0.15, -0.1) is 0 Å². The van der Waals surface area contributed by atoms with Gasteiger partial charge in [0.2, 0.25) is 0 Å². The van der Waals surface area contributed by atoms with Gasteiger partial charge in [0, 0.05) is 16.7 Å². The first-order valence-electron chi connectivity index (χ1n) is 12.6. The molecule has 3 aromatic carbocycles. The molecule has 6 rings (SSSR count). The molecule has 198 valence electrons. The lowest BCUT2D eigenvalue weighted by Gasteiger charge is -2.31. The lowest BCUT2D eigenvalue weighted by Crippen LogP contribution is -2.39. The van der Waals surface area contributed by atoms with Crippen LogP contribution in [-0.4, -0.2) is 33.0 Å². The maximum atomic E-state index is 14.1. The SMILES string of the molecule is COc1ccc(OC)c(C=c2sc3n(c2=O)C(c2cccc(OC)c2OC)C2=C(N=3)c3ccccc3CC2)c1. The zero-order chi connectivity index (χ0) is 27.1. The standard InChI is InChI=1S/C31H28N2O5S/c1-35-20-13-15-24(36-2)19(16-20)17-26-30(34)33-28(23-10-7-11-25(37-3)29(23)38-4)22-14-12-18-8-5-6-9-21(18)27(22)32-31(33)39-26/h5-11,13,15-17,28H,12,14H2,1-4H3. The molecule has 1 atom stereocenters. The van der Waals surface area contributed by atoms with E-state index in [1.165, 1.54) is 16.9 Å². The van der Waals surface area contributed by atoms with Crippen molar-refractivity contribution in [2.75, 3.05) is 28.4 Å². The van der Waals surface area contributed by atoms with Crippen LogP contribution in [0.1, 0.15) is 34.7 Å². The van der Waals surface area contributed by atoms with Crippen LogP contribution in [-0.2, 0) is 6.42 Å². The Morgan fingerprint density at radius 1 is 0.897 bits per heavy atom. The van der Waals surface area contributed by atoms with Gasteiger partial charge in [-0.05, 0) is 54.3 Å². The third kappa shape index (κ3) is 4.12. The van der Waals surface area contributed by atoms with E-state index in [9.17, 15) is 4.79 Å². The second kappa shape index (κ2) is 10.1. The molecule has 1 unspecified atom stereocenters. The third-order valence-corrected chi connectivity index (χ3v) is 8.31. The molecule has 2 aliphatic rings. The van der Waals surface area contributed by atoms with Crippen molar-refractivity contribution in [1.29, 1.82) is 0 Å². The minimum Gasteiger partial charge on any atom is -0.497 e. The molecule has 1 aliphatic heterocycles. The fraction of sp³-hybridized carbons (Fsp3) is 0.226. The maximum Gasteiger partial charge on any atom is 0.271 e. The summed E-state index contributed by atoms with van der Waals surface area (Å²) in [4.78, 5) is 19.9. The summed E-state index contributed by atoms with van der Waals surface area (Å²) < 4.78 is 24.8. The molecule has 0 bridgehead atoms. The number of aromatic nitrogens is 1. The molecule has 8 heteroatoms. The predicted octanol–water partition coefficient (Wildman–Crippen LogP) is 4.35. The Balaban J connectivity index is 1.65. The van der Waals surface area contributed by atoms with E-state index in [2.05, 4.69) is 18.2 Å². The number of methoxy groups -OCH3 is 4. The van der Waals surface area contributed by atoms with Crippen molar-refractivity contribution >= 4 is 23.1 Å². The number of aryl methyl sites for hydroxylation is 1. The Labute approximate surface area is 229 Å². The first-order valence-corrected chi connectivity index (χ1v) is 13.5. The van der Waals surface area contributed by atoms with E-state index >= 15 is 0 Å². The highest BCUT2D eigenvalue weighted by Crippen LogP contribution is 2.45. The molecule has 0 saturated heterocycles. The monoisotopic (exact) mass is 540 g/mol. The maximum absolute atomic E-state index is 14.1. The van der Waals surface area contributed by atoms with Crippen LogP contribution in [0.2, 0.25) is 0 Å². The topological polar surface area (TPSA) is 71.3 Å². The number of hydrogen-bond donors (Lipinski definition) is 0. The van der Waals surface area contributed by atoms with Gasteiger partial charge >= 0.3 is 0 Å². The summed E-state index contributed by atoms with van der Waals surface area (Å²) >= 11 is 1.37. The summed E-state index contributed by atoms with van der Waals surface area (Å²) in [5, 5.41) is 0. The predicted molar refractivity (Wildman–Crippen MR) is 152 cm³/mol. The molecule has 0 amide bonds. The number of nitrogens with zero attached hydrogens (tertiary/aromatic N) is 2. The molecule has 7 nitrogen and oxygen atoms in total. The molecule has 1 aliphatic carbocycles. The van der Waals surface area contributed by atoms with Gasteiger partial charge in [0.15, 0.2) is 16.3 Å². The van der Waals surface area contributed by atoms with Crippen LogP contribution >= 0.6 is 11.3 Å². The van der Waals surface area contributed by atoms with Gasteiger partial charge in [-0.25, -0.2) is 4.99 Å². The molecule has 0 radical (unpaired) electrons. The molecule has 0 spiro atoms. The van der Waals surface area contributed by atoms with Gasteiger partial charge in [-0.3, -0.25) is 9.36 Å². The van der Waals surface area contributed by atoms with Crippen molar-refractivity contribution in [1.82, 2.24) is 4.57 Å². The highest BCUT2D eigenvalue weighted by Gasteiger charge is 2.34. The van der Waals surface area contributed by atoms with Crippen LogP contribution in [0, 0.1) is 0 Å². The normalized spacial score (nSPS) is 16.1. The minimum absolute atomic E-state index is 0.121. The fourth-order valence-electron chi connectivity index (χ4n) is 5.52. The van der Waals surface area contributed by atoms with Crippen molar-refractivity contribution in [2.45, 2.75) is 18.9 Å². The second-order valence-electron chi connectivity index (χ2n) is 9.30. The molecule has 1 aromatic heterocycles. The fourth-order valence-corrected chi connectivity index (χ4v) is 6.51. The van der Waals surface area contributed by atoms with Gasteiger partial charge in [0.1, 0.15) is 11.5 Å². The second-order valence-corrected chi connectivity index (χ2v) is 10.3. The van der Waals surface area contributed by atoms with Crippen molar-refractivity contribution in [3.8, 4) is 23.0 Å². The van der Waals surface area contributed by atoms with E-state index in [0.717, 1.165) is 40.8 Å². The Morgan fingerprint density at radius 2 is 1.72 bits per heavy atom. The molecule has 0 saturated carbocycles. The number of thiazole rings is 1. The highest BCUT2D eigenvalue weighted by atomic mass is 32.1. The van der Waals surface area contributed by atoms with Crippen molar-refractivity contribution in [3.63, 3.8) is 0 Å². The van der Waals surface area contributed by atoms with Crippen molar-refractivity contribution in [2.24, 2.45) is 4.99 Å². The summed E-state index contributed by atoms with van der Waals surface area (Å²) in [6, 6.07) is 19.3. The zero-order valence-corrected chi connectivity index (χ0v) is 23.0. The number of benzene rings is 3.